The molecule has 0 radical (unpaired) electrons. The molecule has 9 heteroatoms. The van der Waals surface area contributed by atoms with Crippen LogP contribution in [-0.2, 0) is 30.8 Å². The van der Waals surface area contributed by atoms with E-state index in [9.17, 15) is 18.0 Å². The van der Waals surface area contributed by atoms with Crippen LogP contribution in [0.2, 0.25) is 0 Å². The SMILES string of the molecule is C[C@H](OC(=O)Cc1ccsc1)C(=O)Nc1cccc(S(=O)(=O)N(C)C)c1. The van der Waals surface area contributed by atoms with Crippen molar-refractivity contribution in [2.45, 2.75) is 24.3 Å². The number of carbonyl (C=O) groups excluding carboxylic acids is 2. The number of amides is 1. The minimum Gasteiger partial charge on any atom is -0.452 e. The van der Waals surface area contributed by atoms with Crippen LogP contribution in [0.25, 0.3) is 0 Å². The Morgan fingerprint density at radius 1 is 1.27 bits per heavy atom. The first kappa shape index (κ1) is 20.1. The molecule has 140 valence electrons. The summed E-state index contributed by atoms with van der Waals surface area (Å²) in [6.07, 6.45) is -0.909. The predicted octanol–water partition coefficient (Wildman–Crippen LogP) is 2.11. The van der Waals surface area contributed by atoms with Gasteiger partial charge < -0.3 is 10.1 Å². The molecule has 7 nitrogen and oxygen atoms in total. The number of anilines is 1. The molecular formula is C17H20N2O5S2. The summed E-state index contributed by atoms with van der Waals surface area (Å²) < 4.78 is 30.5. The average molecular weight is 396 g/mol. The number of rotatable bonds is 7. The highest BCUT2D eigenvalue weighted by atomic mass is 32.2. The highest BCUT2D eigenvalue weighted by molar-refractivity contribution is 7.89. The zero-order valence-electron chi connectivity index (χ0n) is 14.6. The fourth-order valence-electron chi connectivity index (χ4n) is 2.04. The molecule has 0 aliphatic carbocycles. The molecule has 0 spiro atoms. The standard InChI is InChI=1S/C17H20N2O5S2/c1-12(24-16(20)9-13-7-8-25-11-13)17(21)18-14-5-4-6-15(10-14)26(22,23)19(2)3/h4-8,10-12H,9H2,1-3H3,(H,18,21)/t12-/m0/s1. The van der Waals surface area contributed by atoms with Gasteiger partial charge >= 0.3 is 5.97 Å². The average Bonchev–Trinajstić information content (AvgIpc) is 3.07. The van der Waals surface area contributed by atoms with Gasteiger partial charge in [0.05, 0.1) is 11.3 Å². The van der Waals surface area contributed by atoms with Crippen molar-refractivity contribution in [1.82, 2.24) is 4.31 Å². The summed E-state index contributed by atoms with van der Waals surface area (Å²) in [5.41, 5.74) is 1.13. The van der Waals surface area contributed by atoms with E-state index in [0.29, 0.717) is 5.69 Å². The van der Waals surface area contributed by atoms with Crippen LogP contribution in [0.15, 0.2) is 46.0 Å². The number of carbonyl (C=O) groups is 2. The van der Waals surface area contributed by atoms with Crippen molar-refractivity contribution in [3.8, 4) is 0 Å². The maximum atomic E-state index is 12.2. The van der Waals surface area contributed by atoms with Gasteiger partial charge in [-0.05, 0) is 47.5 Å². The predicted molar refractivity (Wildman–Crippen MR) is 99.5 cm³/mol. The lowest BCUT2D eigenvalue weighted by atomic mass is 10.2. The number of nitrogens with one attached hydrogen (secondary N) is 1. The lowest BCUT2D eigenvalue weighted by molar-refractivity contribution is -0.152. The molecule has 0 saturated carbocycles. The summed E-state index contributed by atoms with van der Waals surface area (Å²) in [5, 5.41) is 6.25. The lowest BCUT2D eigenvalue weighted by Crippen LogP contribution is -2.30. The van der Waals surface area contributed by atoms with E-state index in [1.54, 1.807) is 6.07 Å². The zero-order valence-corrected chi connectivity index (χ0v) is 16.3. The molecule has 1 heterocycles. The number of ether oxygens (including phenoxy) is 1. The normalized spacial score (nSPS) is 12.6. The van der Waals surface area contributed by atoms with E-state index < -0.39 is 28.0 Å². The number of hydrogen-bond acceptors (Lipinski definition) is 6. The Bertz CT molecular complexity index is 876. The zero-order chi connectivity index (χ0) is 19.3. The quantitative estimate of drug-likeness (QED) is 0.724. The summed E-state index contributed by atoms with van der Waals surface area (Å²) in [5.74, 6) is -1.04. The van der Waals surface area contributed by atoms with Crippen molar-refractivity contribution in [2.75, 3.05) is 19.4 Å². The Balaban J connectivity index is 1.99. The molecule has 2 rings (SSSR count). The van der Waals surface area contributed by atoms with E-state index in [1.165, 1.54) is 50.6 Å². The summed E-state index contributed by atoms with van der Waals surface area (Å²) >= 11 is 1.47. The van der Waals surface area contributed by atoms with E-state index in [2.05, 4.69) is 5.32 Å². The van der Waals surface area contributed by atoms with E-state index in [0.717, 1.165) is 9.87 Å². The van der Waals surface area contributed by atoms with Gasteiger partial charge in [-0.15, -0.1) is 0 Å². The minimum absolute atomic E-state index is 0.0578. The van der Waals surface area contributed by atoms with Gasteiger partial charge in [0.1, 0.15) is 0 Å². The second-order valence-electron chi connectivity index (χ2n) is 5.74. The van der Waals surface area contributed by atoms with Gasteiger partial charge in [-0.3, -0.25) is 9.59 Å². The van der Waals surface area contributed by atoms with Gasteiger partial charge in [-0.25, -0.2) is 12.7 Å². The molecule has 0 aliphatic rings. The van der Waals surface area contributed by atoms with Gasteiger partial charge in [0, 0.05) is 19.8 Å². The molecule has 1 aromatic carbocycles. The van der Waals surface area contributed by atoms with Crippen LogP contribution >= 0.6 is 11.3 Å². The largest absolute Gasteiger partial charge is 0.452 e. The number of thiophene rings is 1. The smallest absolute Gasteiger partial charge is 0.311 e. The number of benzene rings is 1. The van der Waals surface area contributed by atoms with Gasteiger partial charge in [0.2, 0.25) is 10.0 Å². The number of sulfonamides is 1. The van der Waals surface area contributed by atoms with Gasteiger partial charge in [0.25, 0.3) is 5.91 Å². The third-order valence-corrected chi connectivity index (χ3v) is 6.03. The van der Waals surface area contributed by atoms with Gasteiger partial charge in [-0.2, -0.15) is 11.3 Å². The fraction of sp³-hybridized carbons (Fsp3) is 0.294. The Labute approximate surface area is 156 Å². The molecule has 2 aromatic rings. The highest BCUT2D eigenvalue weighted by Crippen LogP contribution is 2.18. The molecule has 0 aliphatic heterocycles. The van der Waals surface area contributed by atoms with Crippen LogP contribution in [-0.4, -0.2) is 44.8 Å². The Hall–Kier alpha value is -2.23. The molecule has 0 fully saturated rings. The highest BCUT2D eigenvalue weighted by Gasteiger charge is 2.20. The monoisotopic (exact) mass is 396 g/mol. The van der Waals surface area contributed by atoms with Crippen LogP contribution in [0.1, 0.15) is 12.5 Å². The van der Waals surface area contributed by atoms with Crippen LogP contribution in [0.3, 0.4) is 0 Å². The number of esters is 1. The third-order valence-electron chi connectivity index (χ3n) is 3.49. The van der Waals surface area contributed by atoms with Crippen molar-refractivity contribution in [2.24, 2.45) is 0 Å². The number of hydrogen-bond donors (Lipinski definition) is 1. The first-order chi connectivity index (χ1) is 12.2. The first-order valence-electron chi connectivity index (χ1n) is 7.74. The van der Waals surface area contributed by atoms with Crippen LogP contribution < -0.4 is 5.32 Å². The Morgan fingerprint density at radius 3 is 2.62 bits per heavy atom. The molecular weight excluding hydrogens is 376 g/mol. The maximum absolute atomic E-state index is 12.2. The fourth-order valence-corrected chi connectivity index (χ4v) is 3.66. The summed E-state index contributed by atoms with van der Waals surface area (Å²) in [7, 11) is -0.753. The summed E-state index contributed by atoms with van der Waals surface area (Å²) in [6, 6.07) is 7.70. The van der Waals surface area contributed by atoms with E-state index in [-0.39, 0.29) is 11.3 Å². The first-order valence-corrected chi connectivity index (χ1v) is 10.1. The molecule has 0 saturated heterocycles. The molecule has 1 N–H and O–H groups in total. The minimum atomic E-state index is -3.61. The van der Waals surface area contributed by atoms with Crippen molar-refractivity contribution < 1.29 is 22.7 Å². The van der Waals surface area contributed by atoms with Crippen LogP contribution in [0.5, 0.6) is 0 Å². The molecule has 1 atom stereocenters. The van der Waals surface area contributed by atoms with Gasteiger partial charge in [0.15, 0.2) is 6.10 Å². The molecule has 1 amide bonds. The van der Waals surface area contributed by atoms with Crippen molar-refractivity contribution >= 4 is 38.9 Å². The second kappa shape index (κ2) is 8.43. The molecule has 26 heavy (non-hydrogen) atoms. The van der Waals surface area contributed by atoms with Crippen molar-refractivity contribution in [1.29, 1.82) is 0 Å². The Kier molecular flexibility index (Phi) is 6.52. The lowest BCUT2D eigenvalue weighted by Gasteiger charge is -2.15. The van der Waals surface area contributed by atoms with Gasteiger partial charge in [-0.1, -0.05) is 6.07 Å². The molecule has 1 aromatic heterocycles. The van der Waals surface area contributed by atoms with Crippen molar-refractivity contribution in [3.05, 3.63) is 46.7 Å². The number of nitrogens with zero attached hydrogens (tertiary/aromatic N) is 1. The Morgan fingerprint density at radius 2 is 2.00 bits per heavy atom. The molecule has 0 bridgehead atoms. The maximum Gasteiger partial charge on any atom is 0.311 e. The van der Waals surface area contributed by atoms with Crippen molar-refractivity contribution in [3.63, 3.8) is 0 Å². The van der Waals surface area contributed by atoms with E-state index in [1.807, 2.05) is 16.8 Å². The summed E-state index contributed by atoms with van der Waals surface area (Å²) in [4.78, 5) is 24.1. The summed E-state index contributed by atoms with van der Waals surface area (Å²) in [6.45, 7) is 1.46. The van der Waals surface area contributed by atoms with E-state index >= 15 is 0 Å². The third kappa shape index (κ3) is 5.13. The second-order valence-corrected chi connectivity index (χ2v) is 8.68. The van der Waals surface area contributed by atoms with E-state index in [4.69, 9.17) is 4.74 Å². The molecule has 0 unspecified atom stereocenters. The van der Waals surface area contributed by atoms with Crippen LogP contribution in [0, 0.1) is 0 Å². The van der Waals surface area contributed by atoms with Crippen LogP contribution in [0.4, 0.5) is 5.69 Å². The topological polar surface area (TPSA) is 92.8 Å².